The van der Waals surface area contributed by atoms with Gasteiger partial charge in [-0.05, 0) is 85.0 Å². The van der Waals surface area contributed by atoms with Crippen LogP contribution in [-0.4, -0.2) is 47.3 Å². The molecule has 5 aromatic rings. The van der Waals surface area contributed by atoms with Crippen LogP contribution in [0.1, 0.15) is 49.8 Å². The summed E-state index contributed by atoms with van der Waals surface area (Å²) in [6, 6.07) is 9.71. The highest BCUT2D eigenvalue weighted by atomic mass is 19.1. The van der Waals surface area contributed by atoms with Crippen LogP contribution in [0.5, 0.6) is 0 Å². The van der Waals surface area contributed by atoms with E-state index in [0.717, 1.165) is 49.1 Å². The average Bonchev–Trinajstić information content (AvgIpc) is 3.55. The van der Waals surface area contributed by atoms with Crippen molar-refractivity contribution in [3.63, 3.8) is 0 Å². The molecule has 2 aliphatic rings. The average molecular weight is 554 g/mol. The number of hydrogen-bond donors (Lipinski definition) is 2. The molecule has 4 aromatic heterocycles. The smallest absolute Gasteiger partial charge is 0.280 e. The third kappa shape index (κ3) is 4.82. The number of H-pyrrole nitrogens is 2. The minimum absolute atomic E-state index is 0.219. The van der Waals surface area contributed by atoms with Crippen molar-refractivity contribution in [1.82, 2.24) is 34.2 Å². The van der Waals surface area contributed by atoms with Gasteiger partial charge in [-0.1, -0.05) is 13.0 Å². The van der Waals surface area contributed by atoms with E-state index in [-0.39, 0.29) is 11.1 Å². The first kappa shape index (κ1) is 25.6. The molecule has 2 fully saturated rings. The molecule has 10 heteroatoms. The van der Waals surface area contributed by atoms with Crippen molar-refractivity contribution < 1.29 is 4.39 Å². The standard InChI is InChI=1S/C31H32FN7O2/c1-18-4-3-9-38(14-18)15-22-13-24-26(19-5-6-19)16-39(31(41)29(24)34-22)27-10-20(11-28(40)35-27)23-8-7-21(32)12-25(23)30-36-33-17-37(30)2/h7-8,10-13,16-19,34H,3-6,9,14-15H2,1-2H3,(H,35,40)/t18-/m0/s1. The molecule has 5 heterocycles. The van der Waals surface area contributed by atoms with Crippen molar-refractivity contribution in [2.75, 3.05) is 13.1 Å². The van der Waals surface area contributed by atoms with E-state index in [1.165, 1.54) is 41.9 Å². The second kappa shape index (κ2) is 9.95. The largest absolute Gasteiger partial charge is 0.353 e. The summed E-state index contributed by atoms with van der Waals surface area (Å²) >= 11 is 0. The van der Waals surface area contributed by atoms with Crippen molar-refractivity contribution in [3.05, 3.63) is 86.7 Å². The lowest BCUT2D eigenvalue weighted by Gasteiger charge is -2.30. The number of piperidine rings is 1. The van der Waals surface area contributed by atoms with Crippen molar-refractivity contribution >= 4 is 10.9 Å². The second-order valence-electron chi connectivity index (χ2n) is 11.7. The minimum Gasteiger partial charge on any atom is -0.353 e. The van der Waals surface area contributed by atoms with Crippen LogP contribution in [0.3, 0.4) is 0 Å². The molecule has 0 spiro atoms. The molecule has 1 atom stereocenters. The number of halogens is 1. The Morgan fingerprint density at radius 2 is 1.90 bits per heavy atom. The highest BCUT2D eigenvalue weighted by molar-refractivity contribution is 5.85. The van der Waals surface area contributed by atoms with Gasteiger partial charge in [0.15, 0.2) is 5.82 Å². The summed E-state index contributed by atoms with van der Waals surface area (Å²) in [6.07, 6.45) is 8.02. The molecule has 0 radical (unpaired) electrons. The molecule has 210 valence electrons. The van der Waals surface area contributed by atoms with Crippen LogP contribution in [-0.2, 0) is 13.6 Å². The summed E-state index contributed by atoms with van der Waals surface area (Å²) in [5.41, 5.74) is 3.79. The Balaban J connectivity index is 1.34. The number of benzene rings is 1. The Morgan fingerprint density at radius 1 is 1.05 bits per heavy atom. The first-order valence-corrected chi connectivity index (χ1v) is 14.2. The van der Waals surface area contributed by atoms with E-state index in [4.69, 9.17) is 0 Å². The number of fused-ring (bicyclic) bond motifs is 1. The number of nitrogens with zero attached hydrogens (tertiary/aromatic N) is 5. The zero-order valence-electron chi connectivity index (χ0n) is 23.2. The van der Waals surface area contributed by atoms with Gasteiger partial charge in [0.2, 0.25) is 5.56 Å². The SMILES string of the molecule is C[C@H]1CCCN(Cc2cc3c(C4CC4)cn(-c4cc(-c5ccc(F)cc5-c5nncn5C)cc(=O)[nH]4)c(=O)c3[nH]2)C1. The van der Waals surface area contributed by atoms with Crippen LogP contribution in [0.4, 0.5) is 4.39 Å². The first-order chi connectivity index (χ1) is 19.8. The van der Waals surface area contributed by atoms with E-state index in [2.05, 4.69) is 38.1 Å². The monoisotopic (exact) mass is 553 g/mol. The number of pyridine rings is 2. The molecule has 1 aliphatic carbocycles. The number of nitrogens with one attached hydrogen (secondary N) is 2. The number of aryl methyl sites for hydroxylation is 1. The number of aromatic amines is 2. The summed E-state index contributed by atoms with van der Waals surface area (Å²) in [5.74, 6) is 1.46. The van der Waals surface area contributed by atoms with Gasteiger partial charge in [0.05, 0.1) is 0 Å². The van der Waals surface area contributed by atoms with E-state index in [1.807, 2.05) is 6.20 Å². The predicted molar refractivity (Wildman–Crippen MR) is 156 cm³/mol. The Bertz CT molecular complexity index is 1890. The summed E-state index contributed by atoms with van der Waals surface area (Å²) < 4.78 is 17.6. The molecule has 1 saturated carbocycles. The van der Waals surface area contributed by atoms with Crippen molar-refractivity contribution in [2.24, 2.45) is 13.0 Å². The maximum Gasteiger partial charge on any atom is 0.280 e. The van der Waals surface area contributed by atoms with Gasteiger partial charge in [-0.25, -0.2) is 4.39 Å². The summed E-state index contributed by atoms with van der Waals surface area (Å²) in [5, 5.41) is 9.05. The Kier molecular flexibility index (Phi) is 6.23. The maximum atomic E-state index is 14.3. The minimum atomic E-state index is -0.422. The van der Waals surface area contributed by atoms with Crippen LogP contribution in [0.2, 0.25) is 0 Å². The van der Waals surface area contributed by atoms with E-state index in [1.54, 1.807) is 23.7 Å². The number of likely N-dealkylation sites (tertiary alicyclic amines) is 1. The van der Waals surface area contributed by atoms with Crippen molar-refractivity contribution in [3.8, 4) is 28.3 Å². The Morgan fingerprint density at radius 3 is 2.66 bits per heavy atom. The fraction of sp³-hybridized carbons (Fsp3) is 0.355. The Labute approximate surface area is 235 Å². The van der Waals surface area contributed by atoms with E-state index in [0.29, 0.717) is 45.7 Å². The fourth-order valence-corrected chi connectivity index (χ4v) is 6.24. The molecular formula is C31H32FN7O2. The highest BCUT2D eigenvalue weighted by Crippen LogP contribution is 2.43. The van der Waals surface area contributed by atoms with Crippen LogP contribution in [0.15, 0.2) is 58.5 Å². The zero-order chi connectivity index (χ0) is 28.2. The van der Waals surface area contributed by atoms with Crippen LogP contribution >= 0.6 is 0 Å². The van der Waals surface area contributed by atoms with Gasteiger partial charge in [0.25, 0.3) is 5.56 Å². The molecular weight excluding hydrogens is 521 g/mol. The molecule has 9 nitrogen and oxygen atoms in total. The molecule has 7 rings (SSSR count). The number of hydrogen-bond acceptors (Lipinski definition) is 5. The number of aromatic nitrogens is 6. The topological polar surface area (TPSA) is 105 Å². The van der Waals surface area contributed by atoms with Gasteiger partial charge in [-0.2, -0.15) is 0 Å². The van der Waals surface area contributed by atoms with Gasteiger partial charge in [0.1, 0.15) is 23.5 Å². The van der Waals surface area contributed by atoms with Gasteiger partial charge < -0.3 is 14.5 Å². The predicted octanol–water partition coefficient (Wildman–Crippen LogP) is 4.72. The quantitative estimate of drug-likeness (QED) is 0.317. The van der Waals surface area contributed by atoms with Crippen LogP contribution in [0.25, 0.3) is 39.2 Å². The fourth-order valence-electron chi connectivity index (χ4n) is 6.24. The van der Waals surface area contributed by atoms with Gasteiger partial charge in [0, 0.05) is 49.0 Å². The highest BCUT2D eigenvalue weighted by Gasteiger charge is 2.28. The molecule has 0 amide bonds. The lowest BCUT2D eigenvalue weighted by molar-refractivity contribution is 0.175. The molecule has 0 unspecified atom stereocenters. The van der Waals surface area contributed by atoms with Gasteiger partial charge in [-0.3, -0.25) is 19.1 Å². The van der Waals surface area contributed by atoms with Gasteiger partial charge >= 0.3 is 0 Å². The summed E-state index contributed by atoms with van der Waals surface area (Å²) in [4.78, 5) is 35.6. The summed E-state index contributed by atoms with van der Waals surface area (Å²) in [6.45, 7) is 5.19. The molecule has 1 aliphatic heterocycles. The third-order valence-corrected chi connectivity index (χ3v) is 8.37. The lowest BCUT2D eigenvalue weighted by atomic mass is 9.99. The Hall–Kier alpha value is -4.31. The molecule has 2 N–H and O–H groups in total. The van der Waals surface area contributed by atoms with E-state index in [9.17, 15) is 14.0 Å². The van der Waals surface area contributed by atoms with E-state index >= 15 is 0 Å². The normalized spacial score (nSPS) is 17.9. The maximum absolute atomic E-state index is 14.3. The molecule has 1 aromatic carbocycles. The van der Waals surface area contributed by atoms with Crippen molar-refractivity contribution in [2.45, 2.75) is 45.1 Å². The van der Waals surface area contributed by atoms with Gasteiger partial charge in [-0.15, -0.1) is 10.2 Å². The van der Waals surface area contributed by atoms with E-state index < -0.39 is 5.82 Å². The van der Waals surface area contributed by atoms with Crippen LogP contribution in [0, 0.1) is 11.7 Å². The van der Waals surface area contributed by atoms with Crippen LogP contribution < -0.4 is 11.1 Å². The lowest BCUT2D eigenvalue weighted by Crippen LogP contribution is -2.33. The molecule has 41 heavy (non-hydrogen) atoms. The zero-order valence-corrected chi connectivity index (χ0v) is 23.2. The second-order valence-corrected chi connectivity index (χ2v) is 11.7. The first-order valence-electron chi connectivity index (χ1n) is 14.2. The number of rotatable bonds is 6. The third-order valence-electron chi connectivity index (χ3n) is 8.37. The molecule has 0 bridgehead atoms. The summed E-state index contributed by atoms with van der Waals surface area (Å²) in [7, 11) is 1.78. The van der Waals surface area contributed by atoms with Crippen molar-refractivity contribution in [1.29, 1.82) is 0 Å². The molecule has 1 saturated heterocycles.